The van der Waals surface area contributed by atoms with E-state index in [1.165, 1.54) is 35.3 Å². The van der Waals surface area contributed by atoms with E-state index in [-0.39, 0.29) is 0 Å². The summed E-state index contributed by atoms with van der Waals surface area (Å²) in [4.78, 5) is 5.54. The number of nitrogens with one attached hydrogen (secondary N) is 1. The fraction of sp³-hybridized carbons (Fsp3) is 0.267. The lowest BCUT2D eigenvalue weighted by molar-refractivity contribution is 0.911. The van der Waals surface area contributed by atoms with E-state index in [9.17, 15) is 0 Å². The molecule has 3 N–H and O–H groups in total. The summed E-state index contributed by atoms with van der Waals surface area (Å²) in [5, 5.41) is 0. The SMILES string of the molecule is NNc1ncccc1CSc1ccc2c(c1)CCC2. The molecule has 0 radical (unpaired) electrons. The number of nitrogens with two attached hydrogens (primary N) is 1. The van der Waals surface area contributed by atoms with Crippen LogP contribution in [0.15, 0.2) is 41.4 Å². The second kappa shape index (κ2) is 5.63. The first-order valence-corrected chi connectivity index (χ1v) is 7.50. The van der Waals surface area contributed by atoms with Crippen LogP contribution in [0, 0.1) is 0 Å². The van der Waals surface area contributed by atoms with Gasteiger partial charge in [0.1, 0.15) is 5.82 Å². The van der Waals surface area contributed by atoms with E-state index in [1.807, 2.05) is 17.8 Å². The van der Waals surface area contributed by atoms with Gasteiger partial charge in [-0.3, -0.25) is 0 Å². The third-order valence-electron chi connectivity index (χ3n) is 3.49. The number of rotatable bonds is 4. The van der Waals surface area contributed by atoms with Crippen molar-refractivity contribution in [2.45, 2.75) is 29.9 Å². The highest BCUT2D eigenvalue weighted by Crippen LogP contribution is 2.30. The molecule has 3 nitrogen and oxygen atoms in total. The number of aryl methyl sites for hydroxylation is 2. The molecule has 98 valence electrons. The van der Waals surface area contributed by atoms with Gasteiger partial charge < -0.3 is 5.43 Å². The zero-order valence-electron chi connectivity index (χ0n) is 10.7. The first kappa shape index (κ1) is 12.5. The summed E-state index contributed by atoms with van der Waals surface area (Å²) in [7, 11) is 0. The molecule has 0 saturated heterocycles. The molecule has 3 rings (SSSR count). The number of hydrogen-bond donors (Lipinski definition) is 2. The van der Waals surface area contributed by atoms with E-state index in [0.29, 0.717) is 0 Å². The summed E-state index contributed by atoms with van der Waals surface area (Å²) in [6.07, 6.45) is 5.52. The van der Waals surface area contributed by atoms with E-state index in [4.69, 9.17) is 5.84 Å². The molecule has 0 amide bonds. The van der Waals surface area contributed by atoms with Crippen molar-refractivity contribution in [3.63, 3.8) is 0 Å². The van der Waals surface area contributed by atoms with Gasteiger partial charge in [0.05, 0.1) is 0 Å². The predicted molar refractivity (Wildman–Crippen MR) is 80.1 cm³/mol. The summed E-state index contributed by atoms with van der Waals surface area (Å²) in [6, 6.07) is 10.8. The standard InChI is InChI=1S/C15H17N3S/c16-18-15-13(5-2-8-17-15)10-19-14-7-6-11-3-1-4-12(11)9-14/h2,5-9H,1,3-4,10,16H2,(H,17,18). The van der Waals surface area contributed by atoms with Crippen molar-refractivity contribution < 1.29 is 0 Å². The molecular weight excluding hydrogens is 254 g/mol. The monoisotopic (exact) mass is 271 g/mol. The molecule has 0 atom stereocenters. The van der Waals surface area contributed by atoms with E-state index in [2.05, 4.69) is 34.7 Å². The fourth-order valence-corrected chi connectivity index (χ4v) is 3.43. The summed E-state index contributed by atoms with van der Waals surface area (Å²) in [5.74, 6) is 7.11. The largest absolute Gasteiger partial charge is 0.308 e. The lowest BCUT2D eigenvalue weighted by Gasteiger charge is -2.08. The summed E-state index contributed by atoms with van der Waals surface area (Å²) in [6.45, 7) is 0. The number of hydrogen-bond acceptors (Lipinski definition) is 4. The molecule has 1 aromatic carbocycles. The smallest absolute Gasteiger partial charge is 0.143 e. The number of benzene rings is 1. The highest BCUT2D eigenvalue weighted by Gasteiger charge is 2.11. The zero-order valence-corrected chi connectivity index (χ0v) is 11.5. The Kier molecular flexibility index (Phi) is 3.71. The van der Waals surface area contributed by atoms with Gasteiger partial charge in [-0.05, 0) is 48.6 Å². The minimum atomic E-state index is 0.760. The normalized spacial score (nSPS) is 13.3. The third-order valence-corrected chi connectivity index (χ3v) is 4.53. The minimum absolute atomic E-state index is 0.760. The van der Waals surface area contributed by atoms with Crippen LogP contribution in [0.2, 0.25) is 0 Å². The maximum absolute atomic E-state index is 5.47. The van der Waals surface area contributed by atoms with Gasteiger partial charge in [0, 0.05) is 22.4 Å². The molecule has 19 heavy (non-hydrogen) atoms. The number of pyridine rings is 1. The maximum Gasteiger partial charge on any atom is 0.143 e. The molecular formula is C15H17N3S. The molecule has 0 aliphatic heterocycles. The van der Waals surface area contributed by atoms with Crippen molar-refractivity contribution in [2.75, 3.05) is 5.43 Å². The number of nitrogens with zero attached hydrogens (tertiary/aromatic N) is 1. The van der Waals surface area contributed by atoms with Gasteiger partial charge in [-0.1, -0.05) is 12.1 Å². The van der Waals surface area contributed by atoms with Crippen LogP contribution in [0.4, 0.5) is 5.82 Å². The first-order chi connectivity index (χ1) is 9.36. The Labute approximate surface area is 117 Å². The van der Waals surface area contributed by atoms with Crippen LogP contribution in [0.3, 0.4) is 0 Å². The number of nitrogen functional groups attached to an aromatic ring is 1. The van der Waals surface area contributed by atoms with Gasteiger partial charge in [-0.15, -0.1) is 11.8 Å². The number of anilines is 1. The lowest BCUT2D eigenvalue weighted by Crippen LogP contribution is -2.10. The summed E-state index contributed by atoms with van der Waals surface area (Å²) >= 11 is 1.83. The maximum atomic E-state index is 5.47. The minimum Gasteiger partial charge on any atom is -0.308 e. The Bertz CT molecular complexity index is 583. The molecule has 0 spiro atoms. The van der Waals surface area contributed by atoms with E-state index < -0.39 is 0 Å². The van der Waals surface area contributed by atoms with Gasteiger partial charge in [0.15, 0.2) is 0 Å². The molecule has 4 heteroatoms. The molecule has 2 aromatic rings. The average Bonchev–Trinajstić information content (AvgIpc) is 2.93. The lowest BCUT2D eigenvalue weighted by atomic mass is 10.1. The highest BCUT2D eigenvalue weighted by atomic mass is 32.2. The molecule has 1 aliphatic carbocycles. The van der Waals surface area contributed by atoms with Crippen LogP contribution in [0.5, 0.6) is 0 Å². The second-order valence-corrected chi connectivity index (χ2v) is 5.78. The number of fused-ring (bicyclic) bond motifs is 1. The first-order valence-electron chi connectivity index (χ1n) is 6.52. The van der Waals surface area contributed by atoms with Crippen LogP contribution < -0.4 is 11.3 Å². The summed E-state index contributed by atoms with van der Waals surface area (Å²) < 4.78 is 0. The van der Waals surface area contributed by atoms with Crippen LogP contribution in [-0.2, 0) is 18.6 Å². The Hall–Kier alpha value is -1.52. The van der Waals surface area contributed by atoms with Crippen LogP contribution in [0.25, 0.3) is 0 Å². The van der Waals surface area contributed by atoms with Crippen LogP contribution >= 0.6 is 11.8 Å². The molecule has 0 saturated carbocycles. The second-order valence-electron chi connectivity index (χ2n) is 4.73. The van der Waals surface area contributed by atoms with Crippen LogP contribution in [0.1, 0.15) is 23.1 Å². The molecule has 1 heterocycles. The Morgan fingerprint density at radius 3 is 3.00 bits per heavy atom. The van der Waals surface area contributed by atoms with Crippen molar-refractivity contribution in [2.24, 2.45) is 5.84 Å². The van der Waals surface area contributed by atoms with Gasteiger partial charge in [-0.25, -0.2) is 10.8 Å². The van der Waals surface area contributed by atoms with E-state index in [0.717, 1.165) is 17.1 Å². The van der Waals surface area contributed by atoms with Crippen LogP contribution in [-0.4, -0.2) is 4.98 Å². The van der Waals surface area contributed by atoms with Gasteiger partial charge >= 0.3 is 0 Å². The number of aromatic nitrogens is 1. The Morgan fingerprint density at radius 1 is 1.21 bits per heavy atom. The van der Waals surface area contributed by atoms with Crippen molar-refractivity contribution in [3.05, 3.63) is 53.2 Å². The fourth-order valence-electron chi connectivity index (χ4n) is 2.48. The van der Waals surface area contributed by atoms with Gasteiger partial charge in [0.25, 0.3) is 0 Å². The van der Waals surface area contributed by atoms with E-state index >= 15 is 0 Å². The number of hydrazine groups is 1. The molecule has 0 unspecified atom stereocenters. The summed E-state index contributed by atoms with van der Waals surface area (Å²) in [5.41, 5.74) is 6.83. The van der Waals surface area contributed by atoms with Crippen molar-refractivity contribution >= 4 is 17.6 Å². The third kappa shape index (κ3) is 2.74. The molecule has 1 aromatic heterocycles. The average molecular weight is 271 g/mol. The quantitative estimate of drug-likeness (QED) is 0.509. The zero-order chi connectivity index (χ0) is 13.1. The highest BCUT2D eigenvalue weighted by molar-refractivity contribution is 7.98. The Morgan fingerprint density at radius 2 is 2.11 bits per heavy atom. The topological polar surface area (TPSA) is 50.9 Å². The van der Waals surface area contributed by atoms with Crippen molar-refractivity contribution in [3.8, 4) is 0 Å². The molecule has 0 bridgehead atoms. The molecule has 1 aliphatic rings. The van der Waals surface area contributed by atoms with Gasteiger partial charge in [-0.2, -0.15) is 0 Å². The number of thioether (sulfide) groups is 1. The van der Waals surface area contributed by atoms with Gasteiger partial charge in [0.2, 0.25) is 0 Å². The van der Waals surface area contributed by atoms with Crippen molar-refractivity contribution in [1.82, 2.24) is 4.98 Å². The predicted octanol–water partition coefficient (Wildman–Crippen LogP) is 3.15. The van der Waals surface area contributed by atoms with Crippen molar-refractivity contribution in [1.29, 1.82) is 0 Å². The van der Waals surface area contributed by atoms with E-state index in [1.54, 1.807) is 6.20 Å². The molecule has 0 fully saturated rings. The Balaban J connectivity index is 1.72.